The predicted octanol–water partition coefficient (Wildman–Crippen LogP) is 3.06. The summed E-state index contributed by atoms with van der Waals surface area (Å²) in [5, 5.41) is 7.81. The van der Waals surface area contributed by atoms with Gasteiger partial charge in [-0.15, -0.1) is 0 Å². The second-order valence-electron chi connectivity index (χ2n) is 6.94. The summed E-state index contributed by atoms with van der Waals surface area (Å²) in [5.74, 6) is 0.912. The Morgan fingerprint density at radius 2 is 2.12 bits per heavy atom. The van der Waals surface area contributed by atoms with E-state index in [0.29, 0.717) is 6.04 Å². The number of halogens is 1. The molecule has 1 saturated heterocycles. The van der Waals surface area contributed by atoms with Crippen LogP contribution in [-0.4, -0.2) is 49.6 Å². The molecule has 1 unspecified atom stereocenters. The number of rotatable bonds is 5. The Bertz CT molecular complexity index is 554. The standard InChI is InChI=1S/C19H29ClN4/c1-21-19(22-11-9-15-5-4-6-16(20)13-15)23-17-10-12-24(14-17)18-7-2-3-8-18/h4-6,13,17-18H,2-3,7-12,14H2,1H3,(H2,21,22,23). The molecule has 1 saturated carbocycles. The van der Waals surface area contributed by atoms with Crippen molar-refractivity contribution in [3.05, 3.63) is 34.9 Å². The van der Waals surface area contributed by atoms with Crippen LogP contribution in [0, 0.1) is 0 Å². The third-order valence-electron chi connectivity index (χ3n) is 5.22. The van der Waals surface area contributed by atoms with Gasteiger partial charge in [-0.1, -0.05) is 36.6 Å². The normalized spacial score (nSPS) is 22.9. The third-order valence-corrected chi connectivity index (χ3v) is 5.46. The lowest BCUT2D eigenvalue weighted by Gasteiger charge is -2.24. The van der Waals surface area contributed by atoms with Gasteiger partial charge < -0.3 is 10.6 Å². The van der Waals surface area contributed by atoms with Crippen molar-refractivity contribution in [3.63, 3.8) is 0 Å². The van der Waals surface area contributed by atoms with Crippen molar-refractivity contribution in [1.82, 2.24) is 15.5 Å². The largest absolute Gasteiger partial charge is 0.356 e. The molecule has 0 bridgehead atoms. The number of likely N-dealkylation sites (tertiary alicyclic amines) is 1. The predicted molar refractivity (Wildman–Crippen MR) is 102 cm³/mol. The lowest BCUT2D eigenvalue weighted by atomic mass is 10.1. The topological polar surface area (TPSA) is 39.7 Å². The second kappa shape index (κ2) is 8.72. The number of nitrogens with zero attached hydrogens (tertiary/aromatic N) is 2. The van der Waals surface area contributed by atoms with Gasteiger partial charge >= 0.3 is 0 Å². The molecule has 1 heterocycles. The Kier molecular flexibility index (Phi) is 6.38. The molecule has 1 aromatic rings. The lowest BCUT2D eigenvalue weighted by molar-refractivity contribution is 0.242. The number of hydrogen-bond donors (Lipinski definition) is 2. The molecule has 5 heteroatoms. The molecular formula is C19H29ClN4. The molecular weight excluding hydrogens is 320 g/mol. The SMILES string of the molecule is CN=C(NCCc1cccc(Cl)c1)NC1CCN(C2CCCC2)C1. The maximum Gasteiger partial charge on any atom is 0.191 e. The summed E-state index contributed by atoms with van der Waals surface area (Å²) in [7, 11) is 1.85. The first kappa shape index (κ1) is 17.6. The fraction of sp³-hybridized carbons (Fsp3) is 0.632. The fourth-order valence-electron chi connectivity index (χ4n) is 3.91. The minimum atomic E-state index is 0.517. The molecule has 1 aliphatic carbocycles. The zero-order valence-electron chi connectivity index (χ0n) is 14.6. The van der Waals surface area contributed by atoms with Crippen LogP contribution in [0.5, 0.6) is 0 Å². The highest BCUT2D eigenvalue weighted by atomic mass is 35.5. The van der Waals surface area contributed by atoms with E-state index in [1.54, 1.807) is 0 Å². The van der Waals surface area contributed by atoms with Crippen molar-refractivity contribution in [2.75, 3.05) is 26.7 Å². The Balaban J connectivity index is 1.40. The van der Waals surface area contributed by atoms with Crippen molar-refractivity contribution >= 4 is 17.6 Å². The van der Waals surface area contributed by atoms with Crippen molar-refractivity contribution in [2.45, 2.75) is 50.6 Å². The summed E-state index contributed by atoms with van der Waals surface area (Å²) in [4.78, 5) is 7.04. The highest BCUT2D eigenvalue weighted by Gasteiger charge is 2.30. The van der Waals surface area contributed by atoms with Gasteiger partial charge in [-0.25, -0.2) is 0 Å². The zero-order chi connectivity index (χ0) is 16.8. The zero-order valence-corrected chi connectivity index (χ0v) is 15.4. The third kappa shape index (κ3) is 4.87. The van der Waals surface area contributed by atoms with Crippen LogP contribution >= 0.6 is 11.6 Å². The molecule has 2 fully saturated rings. The van der Waals surface area contributed by atoms with E-state index >= 15 is 0 Å². The van der Waals surface area contributed by atoms with Crippen molar-refractivity contribution in [3.8, 4) is 0 Å². The molecule has 4 nitrogen and oxygen atoms in total. The monoisotopic (exact) mass is 348 g/mol. The van der Waals surface area contributed by atoms with Gasteiger partial charge in [-0.05, 0) is 43.4 Å². The number of nitrogens with one attached hydrogen (secondary N) is 2. The van der Waals surface area contributed by atoms with E-state index in [1.807, 2.05) is 25.2 Å². The minimum Gasteiger partial charge on any atom is -0.356 e. The first-order valence-corrected chi connectivity index (χ1v) is 9.58. The van der Waals surface area contributed by atoms with E-state index in [9.17, 15) is 0 Å². The van der Waals surface area contributed by atoms with Gasteiger partial charge in [-0.3, -0.25) is 9.89 Å². The van der Waals surface area contributed by atoms with Gasteiger partial charge in [-0.2, -0.15) is 0 Å². The van der Waals surface area contributed by atoms with Crippen LogP contribution < -0.4 is 10.6 Å². The molecule has 2 aliphatic rings. The van der Waals surface area contributed by atoms with Crippen LogP contribution in [0.25, 0.3) is 0 Å². The van der Waals surface area contributed by atoms with E-state index in [2.05, 4.69) is 26.6 Å². The van der Waals surface area contributed by atoms with Crippen molar-refractivity contribution in [2.24, 2.45) is 4.99 Å². The van der Waals surface area contributed by atoms with Crippen LogP contribution in [0.2, 0.25) is 5.02 Å². The quantitative estimate of drug-likeness (QED) is 0.634. The molecule has 0 spiro atoms. The van der Waals surface area contributed by atoms with Crippen LogP contribution in [0.4, 0.5) is 0 Å². The smallest absolute Gasteiger partial charge is 0.191 e. The first-order valence-electron chi connectivity index (χ1n) is 9.20. The molecule has 1 atom stereocenters. The van der Waals surface area contributed by atoms with Gasteiger partial charge in [0.1, 0.15) is 0 Å². The van der Waals surface area contributed by atoms with E-state index in [-0.39, 0.29) is 0 Å². The second-order valence-corrected chi connectivity index (χ2v) is 7.38. The number of guanidine groups is 1. The van der Waals surface area contributed by atoms with Gasteiger partial charge in [0.05, 0.1) is 0 Å². The van der Waals surface area contributed by atoms with Crippen LogP contribution in [0.15, 0.2) is 29.3 Å². The van der Waals surface area contributed by atoms with E-state index in [1.165, 1.54) is 44.2 Å². The first-order chi connectivity index (χ1) is 11.7. The van der Waals surface area contributed by atoms with Gasteiger partial charge in [0.25, 0.3) is 0 Å². The summed E-state index contributed by atoms with van der Waals surface area (Å²) in [5.41, 5.74) is 1.25. The van der Waals surface area contributed by atoms with Crippen molar-refractivity contribution < 1.29 is 0 Å². The molecule has 0 aromatic heterocycles. The summed E-state index contributed by atoms with van der Waals surface area (Å²) >= 11 is 6.03. The average Bonchev–Trinajstić information content (AvgIpc) is 3.25. The fourth-order valence-corrected chi connectivity index (χ4v) is 4.12. The Labute approximate surface area is 150 Å². The molecule has 24 heavy (non-hydrogen) atoms. The van der Waals surface area contributed by atoms with Gasteiger partial charge in [0.2, 0.25) is 0 Å². The molecule has 3 rings (SSSR count). The average molecular weight is 349 g/mol. The molecule has 2 N–H and O–H groups in total. The Morgan fingerprint density at radius 1 is 1.29 bits per heavy atom. The van der Waals surface area contributed by atoms with Crippen LogP contribution in [0.1, 0.15) is 37.7 Å². The summed E-state index contributed by atoms with van der Waals surface area (Å²) in [6.07, 6.45) is 7.75. The lowest BCUT2D eigenvalue weighted by Crippen LogP contribution is -2.45. The van der Waals surface area contributed by atoms with Gasteiger partial charge in [0, 0.05) is 43.8 Å². The molecule has 132 valence electrons. The summed E-state index contributed by atoms with van der Waals surface area (Å²) in [6, 6.07) is 9.39. The van der Waals surface area contributed by atoms with Gasteiger partial charge in [0.15, 0.2) is 5.96 Å². The number of aliphatic imine (C=N–C) groups is 1. The van der Waals surface area contributed by atoms with E-state index in [0.717, 1.165) is 36.5 Å². The maximum atomic E-state index is 6.03. The summed E-state index contributed by atoms with van der Waals surface area (Å²) in [6.45, 7) is 3.24. The summed E-state index contributed by atoms with van der Waals surface area (Å²) < 4.78 is 0. The molecule has 1 aliphatic heterocycles. The Hall–Kier alpha value is -1.26. The highest BCUT2D eigenvalue weighted by molar-refractivity contribution is 6.30. The minimum absolute atomic E-state index is 0.517. The van der Waals surface area contributed by atoms with Crippen LogP contribution in [-0.2, 0) is 6.42 Å². The van der Waals surface area contributed by atoms with E-state index < -0.39 is 0 Å². The highest BCUT2D eigenvalue weighted by Crippen LogP contribution is 2.26. The van der Waals surface area contributed by atoms with Crippen LogP contribution in [0.3, 0.4) is 0 Å². The molecule has 0 radical (unpaired) electrons. The molecule has 1 aromatic carbocycles. The van der Waals surface area contributed by atoms with E-state index in [4.69, 9.17) is 11.6 Å². The number of hydrogen-bond acceptors (Lipinski definition) is 2. The Morgan fingerprint density at radius 3 is 2.88 bits per heavy atom. The number of benzene rings is 1. The van der Waals surface area contributed by atoms with Crippen molar-refractivity contribution in [1.29, 1.82) is 0 Å². The molecule has 0 amide bonds. The maximum absolute atomic E-state index is 6.03.